The summed E-state index contributed by atoms with van der Waals surface area (Å²) in [5, 5.41) is 2.12. The van der Waals surface area contributed by atoms with Crippen LogP contribution in [0.2, 0.25) is 0 Å². The smallest absolute Gasteiger partial charge is 0.242 e. The van der Waals surface area contributed by atoms with E-state index in [1.54, 1.807) is 16.2 Å². The lowest BCUT2D eigenvalue weighted by molar-refractivity contribution is -0.146. The molecule has 1 aliphatic rings. The van der Waals surface area contributed by atoms with Crippen LogP contribution in [-0.4, -0.2) is 41.2 Å². The normalized spacial score (nSPS) is 16.5. The molecule has 0 saturated carbocycles. The lowest BCUT2D eigenvalue weighted by atomic mass is 9.90. The van der Waals surface area contributed by atoms with Gasteiger partial charge in [-0.2, -0.15) is 0 Å². The number of hydrogen-bond donors (Lipinski definition) is 0. The van der Waals surface area contributed by atoms with E-state index in [1.807, 2.05) is 37.8 Å². The van der Waals surface area contributed by atoms with Crippen LogP contribution < -0.4 is 0 Å². The van der Waals surface area contributed by atoms with Crippen molar-refractivity contribution in [3.8, 4) is 0 Å². The van der Waals surface area contributed by atoms with Crippen molar-refractivity contribution in [2.24, 2.45) is 11.3 Å². The van der Waals surface area contributed by atoms with Gasteiger partial charge in [0, 0.05) is 23.4 Å². The highest BCUT2D eigenvalue weighted by Crippen LogP contribution is 2.39. The summed E-state index contributed by atoms with van der Waals surface area (Å²) in [4.78, 5) is 31.7. The minimum absolute atomic E-state index is 0.0263. The highest BCUT2D eigenvalue weighted by molar-refractivity contribution is 7.10. The number of amides is 2. The molecular weight excluding hydrogens is 392 g/mol. The van der Waals surface area contributed by atoms with E-state index in [4.69, 9.17) is 0 Å². The number of hydrogen-bond acceptors (Lipinski definition) is 3. The van der Waals surface area contributed by atoms with Gasteiger partial charge in [-0.25, -0.2) is 0 Å². The fraction of sp³-hybridized carbons (Fsp3) is 0.520. The molecule has 3 rings (SSSR count). The van der Waals surface area contributed by atoms with E-state index >= 15 is 0 Å². The second-order valence-electron chi connectivity index (χ2n) is 9.72. The van der Waals surface area contributed by atoms with Crippen molar-refractivity contribution in [3.63, 3.8) is 0 Å². The summed E-state index contributed by atoms with van der Waals surface area (Å²) < 4.78 is 0. The second-order valence-corrected chi connectivity index (χ2v) is 10.7. The number of rotatable bonds is 5. The molecule has 162 valence electrons. The molecule has 2 aromatic rings. The lowest BCUT2D eigenvalue weighted by Crippen LogP contribution is -2.50. The minimum Gasteiger partial charge on any atom is -0.333 e. The molecule has 4 nitrogen and oxygen atoms in total. The van der Waals surface area contributed by atoms with E-state index in [1.165, 1.54) is 21.6 Å². The number of benzene rings is 1. The van der Waals surface area contributed by atoms with Gasteiger partial charge in [0.1, 0.15) is 0 Å². The van der Waals surface area contributed by atoms with Crippen LogP contribution in [0.25, 0.3) is 0 Å². The fourth-order valence-corrected chi connectivity index (χ4v) is 5.11. The van der Waals surface area contributed by atoms with Crippen molar-refractivity contribution >= 4 is 23.2 Å². The van der Waals surface area contributed by atoms with Crippen molar-refractivity contribution in [2.45, 2.75) is 54.0 Å². The molecule has 0 bridgehead atoms. The molecule has 0 spiro atoms. The largest absolute Gasteiger partial charge is 0.333 e. The molecule has 2 amide bonds. The Hall–Kier alpha value is -2.14. The summed E-state index contributed by atoms with van der Waals surface area (Å²) in [6.07, 6.45) is 0.874. The predicted molar refractivity (Wildman–Crippen MR) is 124 cm³/mol. The van der Waals surface area contributed by atoms with Gasteiger partial charge in [0.2, 0.25) is 11.8 Å². The second kappa shape index (κ2) is 8.93. The third kappa shape index (κ3) is 4.77. The number of nitrogens with zero attached hydrogens (tertiary/aromatic N) is 2. The van der Waals surface area contributed by atoms with Crippen molar-refractivity contribution in [2.75, 3.05) is 19.6 Å². The zero-order valence-electron chi connectivity index (χ0n) is 19.1. The molecule has 0 radical (unpaired) electrons. The number of carbonyl (C=O) groups is 2. The number of thiophene rings is 1. The summed E-state index contributed by atoms with van der Waals surface area (Å²) in [6, 6.07) is 10.4. The first-order valence-electron chi connectivity index (χ1n) is 10.8. The SMILES string of the molecule is Cc1ccccc1[C@@H]1c2ccsc2CCN1C(=O)CN(CC(C)C)C(=O)C(C)(C)C. The van der Waals surface area contributed by atoms with E-state index in [0.717, 1.165) is 6.42 Å². The molecule has 0 aliphatic carbocycles. The molecule has 30 heavy (non-hydrogen) atoms. The van der Waals surface area contributed by atoms with Gasteiger partial charge in [0.25, 0.3) is 0 Å². The van der Waals surface area contributed by atoms with Gasteiger partial charge in [0.05, 0.1) is 12.6 Å². The molecule has 5 heteroatoms. The van der Waals surface area contributed by atoms with Crippen LogP contribution >= 0.6 is 11.3 Å². The van der Waals surface area contributed by atoms with E-state index in [-0.39, 0.29) is 24.4 Å². The van der Waals surface area contributed by atoms with Crippen LogP contribution in [0.15, 0.2) is 35.7 Å². The Bertz CT molecular complexity index is 910. The molecule has 2 heterocycles. The topological polar surface area (TPSA) is 40.6 Å². The standard InChI is InChI=1S/C25H34N2O2S/c1-17(2)15-26(24(29)25(4,5)6)16-22(28)27-13-11-21-20(12-14-30-21)23(27)19-10-8-7-9-18(19)3/h7-10,12,14,17,23H,11,13,15-16H2,1-6H3/t23-/m1/s1. The van der Waals surface area contributed by atoms with Gasteiger partial charge in [-0.3, -0.25) is 9.59 Å². The van der Waals surface area contributed by atoms with Crippen molar-refractivity contribution in [1.29, 1.82) is 0 Å². The Labute approximate surface area is 184 Å². The zero-order valence-corrected chi connectivity index (χ0v) is 19.9. The van der Waals surface area contributed by atoms with E-state index in [9.17, 15) is 9.59 Å². The monoisotopic (exact) mass is 426 g/mol. The van der Waals surface area contributed by atoms with Gasteiger partial charge in [-0.1, -0.05) is 58.9 Å². The summed E-state index contributed by atoms with van der Waals surface area (Å²) in [5.74, 6) is 0.365. The first-order chi connectivity index (χ1) is 14.1. The molecule has 1 aromatic carbocycles. The van der Waals surface area contributed by atoms with Gasteiger partial charge in [-0.05, 0) is 47.4 Å². The van der Waals surface area contributed by atoms with Crippen molar-refractivity contribution in [1.82, 2.24) is 9.80 Å². The molecule has 0 fully saturated rings. The quantitative estimate of drug-likeness (QED) is 0.670. The van der Waals surface area contributed by atoms with Crippen molar-refractivity contribution in [3.05, 3.63) is 57.3 Å². The fourth-order valence-electron chi connectivity index (χ4n) is 4.20. The van der Waals surface area contributed by atoms with Gasteiger partial charge in [-0.15, -0.1) is 11.3 Å². The molecule has 0 unspecified atom stereocenters. The molecular formula is C25H34N2O2S. The van der Waals surface area contributed by atoms with E-state index in [2.05, 4.69) is 44.4 Å². The average Bonchev–Trinajstić information content (AvgIpc) is 3.14. The van der Waals surface area contributed by atoms with Crippen LogP contribution in [0.3, 0.4) is 0 Å². The molecule has 1 atom stereocenters. The number of carbonyl (C=O) groups excluding carboxylic acids is 2. The zero-order chi connectivity index (χ0) is 22.1. The third-order valence-electron chi connectivity index (χ3n) is 5.61. The maximum atomic E-state index is 13.6. The summed E-state index contributed by atoms with van der Waals surface area (Å²) in [6.45, 7) is 13.4. The van der Waals surface area contributed by atoms with E-state index in [0.29, 0.717) is 19.0 Å². The van der Waals surface area contributed by atoms with Crippen LogP contribution in [0.1, 0.15) is 62.2 Å². The first-order valence-corrected chi connectivity index (χ1v) is 11.7. The van der Waals surface area contributed by atoms with Gasteiger partial charge < -0.3 is 9.80 Å². The van der Waals surface area contributed by atoms with Gasteiger partial charge in [0.15, 0.2) is 0 Å². The number of aryl methyl sites for hydroxylation is 1. The number of fused-ring (bicyclic) bond motifs is 1. The van der Waals surface area contributed by atoms with Crippen LogP contribution in [-0.2, 0) is 16.0 Å². The third-order valence-corrected chi connectivity index (χ3v) is 6.61. The Morgan fingerprint density at radius 1 is 1.17 bits per heavy atom. The highest BCUT2D eigenvalue weighted by atomic mass is 32.1. The Kier molecular flexibility index (Phi) is 6.71. The van der Waals surface area contributed by atoms with Gasteiger partial charge >= 0.3 is 0 Å². The molecule has 0 N–H and O–H groups in total. The Morgan fingerprint density at radius 3 is 2.50 bits per heavy atom. The predicted octanol–water partition coefficient (Wildman–Crippen LogP) is 5.06. The van der Waals surface area contributed by atoms with Crippen LogP contribution in [0, 0.1) is 18.3 Å². The average molecular weight is 427 g/mol. The Morgan fingerprint density at radius 2 is 1.87 bits per heavy atom. The summed E-state index contributed by atoms with van der Waals surface area (Å²) >= 11 is 1.77. The van der Waals surface area contributed by atoms with Crippen molar-refractivity contribution < 1.29 is 9.59 Å². The maximum Gasteiger partial charge on any atom is 0.242 e. The summed E-state index contributed by atoms with van der Waals surface area (Å²) in [7, 11) is 0. The molecule has 1 aromatic heterocycles. The Balaban J connectivity index is 1.93. The highest BCUT2D eigenvalue weighted by Gasteiger charge is 2.36. The maximum absolute atomic E-state index is 13.6. The molecule has 1 aliphatic heterocycles. The lowest BCUT2D eigenvalue weighted by Gasteiger charge is -2.39. The molecule has 0 saturated heterocycles. The van der Waals surface area contributed by atoms with Crippen LogP contribution in [0.5, 0.6) is 0 Å². The van der Waals surface area contributed by atoms with Crippen LogP contribution in [0.4, 0.5) is 0 Å². The first kappa shape index (κ1) is 22.5. The minimum atomic E-state index is -0.507. The van der Waals surface area contributed by atoms with E-state index < -0.39 is 5.41 Å². The summed E-state index contributed by atoms with van der Waals surface area (Å²) in [5.41, 5.74) is 3.07.